The molecule has 0 aliphatic rings. The standard InChI is InChI=1S/C43H33NOSi/c1-2-3-4-5-16-29-46(33-17-8-6-9-18-33,34-19-10-7-11-20-34)35-26-28-43-39(31-35)38-30-32(25-27-42(38)45-43)44-40-23-14-12-21-36(40)37-22-13-15-24-41(37)44/h2-28,30-31H,1,29H2/b4-3-,16-5-. The number of furan rings is 1. The van der Waals surface area contributed by atoms with Gasteiger partial charge in [0, 0.05) is 27.2 Å². The van der Waals surface area contributed by atoms with Crippen LogP contribution in [0.3, 0.4) is 0 Å². The van der Waals surface area contributed by atoms with Crippen LogP contribution in [0.5, 0.6) is 0 Å². The van der Waals surface area contributed by atoms with E-state index < -0.39 is 8.07 Å². The van der Waals surface area contributed by atoms with Gasteiger partial charge in [-0.1, -0.05) is 146 Å². The van der Waals surface area contributed by atoms with Crippen LogP contribution in [0.4, 0.5) is 0 Å². The Hall–Kier alpha value is -5.64. The van der Waals surface area contributed by atoms with Crippen LogP contribution in [0.1, 0.15) is 0 Å². The van der Waals surface area contributed by atoms with Gasteiger partial charge in [-0.05, 0) is 58.0 Å². The van der Waals surface area contributed by atoms with E-state index in [-0.39, 0.29) is 0 Å². The van der Waals surface area contributed by atoms with Gasteiger partial charge in [-0.3, -0.25) is 0 Å². The van der Waals surface area contributed by atoms with Crippen LogP contribution in [0.25, 0.3) is 49.4 Å². The van der Waals surface area contributed by atoms with Crippen molar-refractivity contribution in [1.82, 2.24) is 4.57 Å². The Morgan fingerprint density at radius 1 is 0.522 bits per heavy atom. The highest BCUT2D eigenvalue weighted by molar-refractivity contribution is 7.11. The first kappa shape index (κ1) is 27.9. The number of fused-ring (bicyclic) bond motifs is 6. The molecule has 8 aromatic rings. The summed E-state index contributed by atoms with van der Waals surface area (Å²) in [6.07, 6.45) is 10.3. The fourth-order valence-electron chi connectivity index (χ4n) is 7.14. The molecule has 0 atom stereocenters. The zero-order valence-corrected chi connectivity index (χ0v) is 26.5. The van der Waals surface area contributed by atoms with Gasteiger partial charge in [-0.15, -0.1) is 0 Å². The molecule has 0 unspecified atom stereocenters. The number of hydrogen-bond acceptors (Lipinski definition) is 1. The van der Waals surface area contributed by atoms with Crippen LogP contribution in [0, 0.1) is 0 Å². The topological polar surface area (TPSA) is 18.1 Å². The van der Waals surface area contributed by atoms with Crippen molar-refractivity contribution in [3.05, 3.63) is 183 Å². The van der Waals surface area contributed by atoms with Gasteiger partial charge >= 0.3 is 0 Å². The van der Waals surface area contributed by atoms with E-state index in [1.54, 1.807) is 0 Å². The minimum atomic E-state index is -2.49. The number of hydrogen-bond donors (Lipinski definition) is 0. The number of aromatic nitrogens is 1. The summed E-state index contributed by atoms with van der Waals surface area (Å²) in [5, 5.41) is 8.93. The molecule has 2 heterocycles. The maximum atomic E-state index is 6.48. The van der Waals surface area contributed by atoms with Crippen molar-refractivity contribution in [2.45, 2.75) is 6.04 Å². The summed E-state index contributed by atoms with van der Waals surface area (Å²) in [5.41, 5.74) is 5.34. The van der Waals surface area contributed by atoms with E-state index in [9.17, 15) is 0 Å². The highest BCUT2D eigenvalue weighted by atomic mass is 28.3. The molecule has 220 valence electrons. The molecule has 0 bridgehead atoms. The fraction of sp³-hybridized carbons (Fsp3) is 0.0233. The molecule has 3 heteroatoms. The molecular formula is C43H33NOSi. The van der Waals surface area contributed by atoms with Crippen molar-refractivity contribution in [2.75, 3.05) is 0 Å². The van der Waals surface area contributed by atoms with Gasteiger partial charge in [0.15, 0.2) is 8.07 Å². The Morgan fingerprint density at radius 2 is 1.09 bits per heavy atom. The second-order valence-corrected chi connectivity index (χ2v) is 15.7. The molecule has 0 saturated heterocycles. The van der Waals surface area contributed by atoms with Crippen molar-refractivity contribution in [2.24, 2.45) is 0 Å². The molecule has 0 saturated carbocycles. The van der Waals surface area contributed by atoms with Gasteiger partial charge < -0.3 is 8.98 Å². The van der Waals surface area contributed by atoms with Crippen molar-refractivity contribution in [1.29, 1.82) is 0 Å². The molecule has 0 fully saturated rings. The smallest absolute Gasteiger partial charge is 0.151 e. The Morgan fingerprint density at radius 3 is 1.72 bits per heavy atom. The highest BCUT2D eigenvalue weighted by Gasteiger charge is 2.38. The van der Waals surface area contributed by atoms with E-state index in [1.165, 1.54) is 37.4 Å². The van der Waals surface area contributed by atoms with E-state index in [1.807, 2.05) is 12.2 Å². The zero-order chi connectivity index (χ0) is 30.9. The molecule has 0 aliphatic heterocycles. The number of para-hydroxylation sites is 2. The SMILES string of the molecule is C=C/C=C\C=C/C[Si](c1ccccc1)(c1ccccc1)c1ccc2oc3ccc(-n4c5ccccc5c5ccccc54)cc3c2c1. The fourth-order valence-corrected chi connectivity index (χ4v) is 11.6. The minimum absolute atomic E-state index is 0.901. The first-order valence-corrected chi connectivity index (χ1v) is 18.0. The van der Waals surface area contributed by atoms with Crippen LogP contribution >= 0.6 is 0 Å². The maximum Gasteiger partial charge on any atom is 0.151 e. The minimum Gasteiger partial charge on any atom is -0.456 e. The summed E-state index contributed by atoms with van der Waals surface area (Å²) < 4.78 is 8.85. The second-order valence-electron chi connectivity index (χ2n) is 11.8. The molecule has 6 aromatic carbocycles. The molecule has 46 heavy (non-hydrogen) atoms. The number of rotatable bonds is 8. The first-order valence-electron chi connectivity index (χ1n) is 15.8. The Kier molecular flexibility index (Phi) is 7.09. The Labute approximate surface area is 269 Å². The summed E-state index contributed by atoms with van der Waals surface area (Å²) in [6, 6.07) is 53.9. The van der Waals surface area contributed by atoms with Gasteiger partial charge in [0.05, 0.1) is 11.0 Å². The lowest BCUT2D eigenvalue weighted by atomic mass is 10.1. The van der Waals surface area contributed by atoms with E-state index in [0.717, 1.165) is 33.7 Å². The molecule has 0 spiro atoms. The van der Waals surface area contributed by atoms with Crippen molar-refractivity contribution in [3.63, 3.8) is 0 Å². The molecule has 0 N–H and O–H groups in total. The molecular weight excluding hydrogens is 575 g/mol. The summed E-state index contributed by atoms with van der Waals surface area (Å²) in [5.74, 6) is 0. The molecule has 0 amide bonds. The Balaban J connectivity index is 1.37. The lowest BCUT2D eigenvalue weighted by molar-refractivity contribution is 0.669. The van der Waals surface area contributed by atoms with E-state index >= 15 is 0 Å². The lowest BCUT2D eigenvalue weighted by Crippen LogP contribution is -2.66. The summed E-state index contributed by atoms with van der Waals surface area (Å²) in [7, 11) is -2.49. The largest absolute Gasteiger partial charge is 0.456 e. The zero-order valence-electron chi connectivity index (χ0n) is 25.5. The summed E-state index contributed by atoms with van der Waals surface area (Å²) in [4.78, 5) is 0. The molecule has 2 aromatic heterocycles. The van der Waals surface area contributed by atoms with Crippen molar-refractivity contribution < 1.29 is 4.42 Å². The average Bonchev–Trinajstić information content (AvgIpc) is 3.66. The average molecular weight is 608 g/mol. The lowest BCUT2D eigenvalue weighted by Gasteiger charge is -2.33. The van der Waals surface area contributed by atoms with E-state index in [2.05, 4.69) is 175 Å². The number of nitrogens with zero attached hydrogens (tertiary/aromatic N) is 1. The molecule has 0 radical (unpaired) electrons. The third-order valence-electron chi connectivity index (χ3n) is 9.24. The third-order valence-corrected chi connectivity index (χ3v) is 14.0. The monoisotopic (exact) mass is 607 g/mol. The first-order chi connectivity index (χ1) is 22.8. The summed E-state index contributed by atoms with van der Waals surface area (Å²) in [6.45, 7) is 3.83. The van der Waals surface area contributed by atoms with Crippen molar-refractivity contribution in [3.8, 4) is 5.69 Å². The number of benzene rings is 6. The highest BCUT2D eigenvalue weighted by Crippen LogP contribution is 2.35. The van der Waals surface area contributed by atoms with Gasteiger partial charge in [-0.25, -0.2) is 0 Å². The predicted octanol–water partition coefficient (Wildman–Crippen LogP) is 9.45. The van der Waals surface area contributed by atoms with Crippen LogP contribution in [-0.2, 0) is 0 Å². The molecule has 8 rings (SSSR count). The maximum absolute atomic E-state index is 6.48. The third kappa shape index (κ3) is 4.56. The summed E-state index contributed by atoms with van der Waals surface area (Å²) >= 11 is 0. The van der Waals surface area contributed by atoms with Crippen LogP contribution in [-0.4, -0.2) is 12.6 Å². The van der Waals surface area contributed by atoms with Gasteiger partial charge in [0.2, 0.25) is 0 Å². The predicted molar refractivity (Wildman–Crippen MR) is 199 cm³/mol. The van der Waals surface area contributed by atoms with E-state index in [4.69, 9.17) is 4.42 Å². The Bertz CT molecular complexity index is 2320. The van der Waals surface area contributed by atoms with Gasteiger partial charge in [-0.2, -0.15) is 0 Å². The quantitative estimate of drug-likeness (QED) is 0.0956. The van der Waals surface area contributed by atoms with Gasteiger partial charge in [0.25, 0.3) is 0 Å². The van der Waals surface area contributed by atoms with Gasteiger partial charge in [0.1, 0.15) is 11.2 Å². The van der Waals surface area contributed by atoms with Crippen LogP contribution in [0.15, 0.2) is 187 Å². The normalized spacial score (nSPS) is 12.3. The molecule has 0 aliphatic carbocycles. The van der Waals surface area contributed by atoms with Crippen LogP contribution in [0.2, 0.25) is 6.04 Å². The van der Waals surface area contributed by atoms with Crippen LogP contribution < -0.4 is 15.6 Å². The van der Waals surface area contributed by atoms with E-state index in [0.29, 0.717) is 0 Å². The second kappa shape index (κ2) is 11.7. The van der Waals surface area contributed by atoms with Crippen molar-refractivity contribution >= 4 is 67.4 Å². The number of allylic oxidation sites excluding steroid dienone is 5. The molecule has 2 nitrogen and oxygen atoms in total.